The van der Waals surface area contributed by atoms with Gasteiger partial charge in [-0.25, -0.2) is 0 Å². The maximum atomic E-state index is 13.4. The minimum absolute atomic E-state index is 0.00703. The van der Waals surface area contributed by atoms with Crippen LogP contribution in [0.5, 0.6) is 0 Å². The van der Waals surface area contributed by atoms with Crippen molar-refractivity contribution in [2.75, 3.05) is 6.61 Å². The van der Waals surface area contributed by atoms with Gasteiger partial charge in [-0.15, -0.1) is 0 Å². The molecule has 6 rings (SSSR count). The van der Waals surface area contributed by atoms with Crippen molar-refractivity contribution in [3.8, 4) is 0 Å². The smallest absolute Gasteiger partial charge is 0.297 e. The molecule has 218 valence electrons. The van der Waals surface area contributed by atoms with Crippen molar-refractivity contribution in [1.82, 2.24) is 0 Å². The largest absolute Gasteiger partial charge is 0.358 e. The predicted octanol–water partition coefficient (Wildman–Crippen LogP) is 5.95. The Balaban J connectivity index is 1.38. The zero-order chi connectivity index (χ0) is 29.4. The number of benzene rings is 4. The van der Waals surface area contributed by atoms with Gasteiger partial charge in [0.2, 0.25) is 0 Å². The Morgan fingerprint density at radius 1 is 0.738 bits per heavy atom. The average Bonchev–Trinajstić information content (AvgIpc) is 3.46. The van der Waals surface area contributed by atoms with Crippen molar-refractivity contribution in [2.24, 2.45) is 0 Å². The van der Waals surface area contributed by atoms with E-state index in [1.165, 1.54) is 12.1 Å². The van der Waals surface area contributed by atoms with Crippen molar-refractivity contribution in [3.63, 3.8) is 0 Å². The van der Waals surface area contributed by atoms with E-state index in [4.69, 9.17) is 23.1 Å². The van der Waals surface area contributed by atoms with E-state index >= 15 is 0 Å². The number of hydrogen-bond donors (Lipinski definition) is 0. The Kier molecular flexibility index (Phi) is 7.78. The first-order chi connectivity index (χ1) is 20.2. The van der Waals surface area contributed by atoms with E-state index in [1.54, 1.807) is 26.0 Å². The fourth-order valence-corrected chi connectivity index (χ4v) is 6.79. The molecule has 0 N–H and O–H groups in total. The maximum absolute atomic E-state index is 13.4. The number of ether oxygens (including phenoxy) is 4. The Bertz CT molecular complexity index is 1490. The second-order valence-corrected chi connectivity index (χ2v) is 12.6. The molecule has 7 nitrogen and oxygen atoms in total. The zero-order valence-corrected chi connectivity index (χ0v) is 24.6. The van der Waals surface area contributed by atoms with Crippen LogP contribution in [0.1, 0.15) is 36.1 Å². The monoisotopic (exact) mass is 586 g/mol. The fourth-order valence-electron chi connectivity index (χ4n) is 5.68. The molecule has 4 aromatic carbocycles. The molecule has 4 atom stereocenters. The van der Waals surface area contributed by atoms with E-state index in [2.05, 4.69) is 0 Å². The Hall–Kier alpha value is -3.37. The molecule has 2 fully saturated rings. The molecule has 2 heterocycles. The first-order valence-electron chi connectivity index (χ1n) is 14.0. The van der Waals surface area contributed by atoms with Crippen LogP contribution in [0.15, 0.2) is 120 Å². The van der Waals surface area contributed by atoms with Crippen LogP contribution in [-0.4, -0.2) is 45.4 Å². The van der Waals surface area contributed by atoms with Crippen LogP contribution < -0.4 is 0 Å². The topological polar surface area (TPSA) is 80.3 Å². The van der Waals surface area contributed by atoms with Crippen LogP contribution in [0.3, 0.4) is 0 Å². The lowest BCUT2D eigenvalue weighted by Gasteiger charge is -2.37. The van der Waals surface area contributed by atoms with Crippen molar-refractivity contribution in [3.05, 3.63) is 138 Å². The van der Waals surface area contributed by atoms with E-state index in [9.17, 15) is 8.42 Å². The molecule has 0 bridgehead atoms. The molecular weight excluding hydrogens is 552 g/mol. The van der Waals surface area contributed by atoms with E-state index in [0.717, 1.165) is 22.3 Å². The van der Waals surface area contributed by atoms with Gasteiger partial charge in [0.1, 0.15) is 23.9 Å². The van der Waals surface area contributed by atoms with Crippen LogP contribution in [0.2, 0.25) is 0 Å². The van der Waals surface area contributed by atoms with Gasteiger partial charge in [-0.1, -0.05) is 109 Å². The summed E-state index contributed by atoms with van der Waals surface area (Å²) in [6, 6.07) is 36.4. The summed E-state index contributed by atoms with van der Waals surface area (Å²) in [5.74, 6) is -0.960. The quantitative estimate of drug-likeness (QED) is 0.177. The molecule has 0 amide bonds. The number of aryl methyl sites for hydroxylation is 1. The molecule has 0 radical (unpaired) electrons. The van der Waals surface area contributed by atoms with Crippen LogP contribution in [0.4, 0.5) is 0 Å². The SMILES string of the molecule is Cc1ccc(S(=O)(=O)O[C@@H]2[C@H]3OC(C)(C)O[C@H]3O[C@@H]2COC(c2ccccc2)(c2ccccc2)c2ccccc2)cc1. The summed E-state index contributed by atoms with van der Waals surface area (Å²) in [7, 11) is -4.15. The second-order valence-electron chi connectivity index (χ2n) is 11.1. The molecule has 42 heavy (non-hydrogen) atoms. The van der Waals surface area contributed by atoms with Gasteiger partial charge in [-0.3, -0.25) is 4.18 Å². The minimum atomic E-state index is -4.15. The summed E-state index contributed by atoms with van der Waals surface area (Å²) >= 11 is 0. The Morgan fingerprint density at radius 3 is 1.74 bits per heavy atom. The van der Waals surface area contributed by atoms with E-state index < -0.39 is 46.1 Å². The molecule has 0 aliphatic carbocycles. The lowest BCUT2D eigenvalue weighted by Crippen LogP contribution is -2.43. The maximum Gasteiger partial charge on any atom is 0.297 e. The van der Waals surface area contributed by atoms with Crippen LogP contribution in [0, 0.1) is 6.92 Å². The Labute approximate surface area is 247 Å². The van der Waals surface area contributed by atoms with Crippen molar-refractivity contribution >= 4 is 10.1 Å². The normalized spacial score (nSPS) is 23.5. The molecule has 8 heteroatoms. The van der Waals surface area contributed by atoms with Crippen molar-refractivity contribution in [2.45, 2.75) is 61.7 Å². The van der Waals surface area contributed by atoms with Gasteiger partial charge < -0.3 is 18.9 Å². The number of rotatable bonds is 9. The van der Waals surface area contributed by atoms with Gasteiger partial charge in [0.05, 0.1) is 11.5 Å². The van der Waals surface area contributed by atoms with Gasteiger partial charge in [-0.2, -0.15) is 8.42 Å². The second kappa shape index (κ2) is 11.4. The number of hydrogen-bond acceptors (Lipinski definition) is 7. The van der Waals surface area contributed by atoms with E-state index in [0.29, 0.717) is 0 Å². The molecule has 0 aromatic heterocycles. The van der Waals surface area contributed by atoms with E-state index in [-0.39, 0.29) is 11.5 Å². The van der Waals surface area contributed by atoms with Gasteiger partial charge in [0.15, 0.2) is 12.1 Å². The predicted molar refractivity (Wildman–Crippen MR) is 157 cm³/mol. The molecule has 0 saturated carbocycles. The van der Waals surface area contributed by atoms with Crippen molar-refractivity contribution in [1.29, 1.82) is 0 Å². The Morgan fingerprint density at radius 2 is 1.24 bits per heavy atom. The van der Waals surface area contributed by atoms with Crippen molar-refractivity contribution < 1.29 is 31.5 Å². The van der Waals surface area contributed by atoms with Gasteiger partial charge >= 0.3 is 0 Å². The summed E-state index contributed by atoms with van der Waals surface area (Å²) in [6.07, 6.45) is -3.41. The van der Waals surface area contributed by atoms with Crippen LogP contribution in [-0.2, 0) is 38.8 Å². The lowest BCUT2D eigenvalue weighted by molar-refractivity contribution is -0.221. The minimum Gasteiger partial charge on any atom is -0.358 e. The molecule has 0 spiro atoms. The van der Waals surface area contributed by atoms with Crippen LogP contribution >= 0.6 is 0 Å². The van der Waals surface area contributed by atoms with Gasteiger partial charge in [-0.05, 0) is 49.6 Å². The molecule has 2 aliphatic heterocycles. The average molecular weight is 587 g/mol. The third kappa shape index (κ3) is 5.54. The zero-order valence-electron chi connectivity index (χ0n) is 23.8. The highest BCUT2D eigenvalue weighted by Gasteiger charge is 2.57. The van der Waals surface area contributed by atoms with Gasteiger partial charge in [0, 0.05) is 0 Å². The standard InChI is InChI=1S/C34H34O7S/c1-24-19-21-28(22-20-24)42(35,36)41-30-29(38-32-31(30)39-33(2,3)40-32)23-37-34(25-13-7-4-8-14-25,26-15-9-5-10-16-26)27-17-11-6-12-18-27/h4-22,29-32H,23H2,1-3H3/t29-,30+,31-,32-/m1/s1. The fraction of sp³-hybridized carbons (Fsp3) is 0.294. The first-order valence-corrected chi connectivity index (χ1v) is 15.4. The summed E-state index contributed by atoms with van der Waals surface area (Å²) in [4.78, 5) is 0.0570. The molecule has 0 unspecified atom stereocenters. The first kappa shape index (κ1) is 28.7. The van der Waals surface area contributed by atoms with E-state index in [1.807, 2.05) is 97.9 Å². The highest BCUT2D eigenvalue weighted by atomic mass is 32.2. The van der Waals surface area contributed by atoms with Gasteiger partial charge in [0.25, 0.3) is 10.1 Å². The van der Waals surface area contributed by atoms with Crippen LogP contribution in [0.25, 0.3) is 0 Å². The molecule has 2 saturated heterocycles. The summed E-state index contributed by atoms with van der Waals surface area (Å²) in [6.45, 7) is 5.41. The highest BCUT2D eigenvalue weighted by molar-refractivity contribution is 7.86. The third-order valence-corrected chi connectivity index (χ3v) is 8.96. The molecular formula is C34H34O7S. The molecule has 4 aromatic rings. The summed E-state index contributed by atoms with van der Waals surface area (Å²) in [5.41, 5.74) is 2.67. The lowest BCUT2D eigenvalue weighted by atomic mass is 9.80. The summed E-state index contributed by atoms with van der Waals surface area (Å²) < 4.78 is 58.1. The number of fused-ring (bicyclic) bond motifs is 1. The third-order valence-electron chi connectivity index (χ3n) is 7.64. The highest BCUT2D eigenvalue weighted by Crippen LogP contribution is 2.44. The molecule has 2 aliphatic rings. The summed E-state index contributed by atoms with van der Waals surface area (Å²) in [5, 5.41) is 0.